The predicted octanol–water partition coefficient (Wildman–Crippen LogP) is 4.93. The van der Waals surface area contributed by atoms with Crippen LogP contribution in [0.3, 0.4) is 0 Å². The maximum atomic E-state index is 13.2. The van der Waals surface area contributed by atoms with Gasteiger partial charge in [-0.1, -0.05) is 30.3 Å². The first-order chi connectivity index (χ1) is 23.2. The first-order valence-electron chi connectivity index (χ1n) is 14.6. The third-order valence-corrected chi connectivity index (χ3v) is 6.92. The molecule has 12 nitrogen and oxygen atoms in total. The first-order valence-corrected chi connectivity index (χ1v) is 14.6. The van der Waals surface area contributed by atoms with Gasteiger partial charge in [0, 0.05) is 25.3 Å². The lowest BCUT2D eigenvalue weighted by molar-refractivity contribution is -0.117. The van der Waals surface area contributed by atoms with Gasteiger partial charge >= 0.3 is 5.97 Å². The molecule has 0 spiro atoms. The molecule has 0 atom stereocenters. The highest BCUT2D eigenvalue weighted by Gasteiger charge is 2.20. The Hall–Kier alpha value is -6.30. The van der Waals surface area contributed by atoms with Crippen molar-refractivity contribution >= 4 is 35.8 Å². The van der Waals surface area contributed by atoms with E-state index < -0.39 is 17.8 Å². The summed E-state index contributed by atoms with van der Waals surface area (Å²) < 4.78 is 27.0. The van der Waals surface area contributed by atoms with E-state index in [-0.39, 0.29) is 22.8 Å². The molecule has 0 heterocycles. The van der Waals surface area contributed by atoms with Gasteiger partial charge in [-0.2, -0.15) is 5.10 Å². The van der Waals surface area contributed by atoms with Gasteiger partial charge in [-0.15, -0.1) is 0 Å². The quantitative estimate of drug-likeness (QED) is 0.0678. The molecule has 48 heavy (non-hydrogen) atoms. The lowest BCUT2D eigenvalue weighted by atomic mass is 10.1. The van der Waals surface area contributed by atoms with E-state index in [1.807, 2.05) is 43.3 Å². The van der Waals surface area contributed by atoms with Crippen LogP contribution in [0.2, 0.25) is 0 Å². The van der Waals surface area contributed by atoms with Gasteiger partial charge in [-0.05, 0) is 71.8 Å². The average Bonchev–Trinajstić information content (AvgIpc) is 3.11. The lowest BCUT2D eigenvalue weighted by Crippen LogP contribution is -2.32. The van der Waals surface area contributed by atoms with E-state index in [0.717, 1.165) is 5.69 Å². The molecule has 0 aromatic heterocycles. The zero-order valence-corrected chi connectivity index (χ0v) is 27.4. The Labute approximate surface area is 278 Å². The van der Waals surface area contributed by atoms with Crippen molar-refractivity contribution in [3.8, 4) is 28.7 Å². The van der Waals surface area contributed by atoms with Crippen molar-refractivity contribution in [2.75, 3.05) is 47.4 Å². The summed E-state index contributed by atoms with van der Waals surface area (Å²) in [5.74, 6) is -0.468. The number of benzene rings is 4. The monoisotopic (exact) mass is 652 g/mol. The third-order valence-electron chi connectivity index (χ3n) is 6.92. The molecule has 0 saturated carbocycles. The highest BCUT2D eigenvalue weighted by molar-refractivity contribution is 6.05. The first kappa shape index (κ1) is 34.6. The SMILES string of the molecule is COc1cc(/C=N\NC(=O)/C(=C\c2ccc(N(C)C)cc2)NC(=O)c2ccccc2)ccc1OC(=O)c1cc(OC)c(OC)c(OC)c1. The summed E-state index contributed by atoms with van der Waals surface area (Å²) >= 11 is 0. The molecule has 0 fully saturated rings. The number of nitrogens with one attached hydrogen (secondary N) is 2. The van der Waals surface area contributed by atoms with Gasteiger partial charge in [-0.3, -0.25) is 9.59 Å². The number of rotatable bonds is 13. The second-order valence-corrected chi connectivity index (χ2v) is 10.3. The second kappa shape index (κ2) is 16.3. The van der Waals surface area contributed by atoms with Gasteiger partial charge in [-0.25, -0.2) is 10.2 Å². The van der Waals surface area contributed by atoms with Gasteiger partial charge in [0.25, 0.3) is 11.8 Å². The molecule has 0 unspecified atom stereocenters. The number of carbonyl (C=O) groups excluding carboxylic acids is 3. The number of nitrogens with zero attached hydrogens (tertiary/aromatic N) is 2. The molecule has 4 aromatic rings. The van der Waals surface area contributed by atoms with Crippen LogP contribution in [0, 0.1) is 0 Å². The Morgan fingerprint density at radius 3 is 1.90 bits per heavy atom. The van der Waals surface area contributed by atoms with Crippen molar-refractivity contribution in [2.24, 2.45) is 5.10 Å². The zero-order valence-electron chi connectivity index (χ0n) is 27.4. The summed E-state index contributed by atoms with van der Waals surface area (Å²) in [6, 6.07) is 23.7. The summed E-state index contributed by atoms with van der Waals surface area (Å²) in [6.45, 7) is 0. The van der Waals surface area contributed by atoms with Crippen molar-refractivity contribution in [1.82, 2.24) is 10.7 Å². The fourth-order valence-corrected chi connectivity index (χ4v) is 4.41. The van der Waals surface area contributed by atoms with E-state index in [9.17, 15) is 14.4 Å². The van der Waals surface area contributed by atoms with Crippen molar-refractivity contribution in [3.63, 3.8) is 0 Å². The number of hydrazone groups is 1. The second-order valence-electron chi connectivity index (χ2n) is 10.3. The number of carbonyl (C=O) groups is 3. The van der Waals surface area contributed by atoms with Crippen LogP contribution in [0.1, 0.15) is 31.8 Å². The Morgan fingerprint density at radius 1 is 0.688 bits per heavy atom. The molecular formula is C36H36N4O8. The van der Waals surface area contributed by atoms with Crippen LogP contribution in [0.4, 0.5) is 5.69 Å². The molecule has 2 N–H and O–H groups in total. The van der Waals surface area contributed by atoms with E-state index in [1.54, 1.807) is 48.5 Å². The van der Waals surface area contributed by atoms with Crippen LogP contribution < -0.4 is 39.3 Å². The predicted molar refractivity (Wildman–Crippen MR) is 182 cm³/mol. The van der Waals surface area contributed by atoms with Crippen LogP contribution in [-0.4, -0.2) is 66.5 Å². The summed E-state index contributed by atoms with van der Waals surface area (Å²) in [6.07, 6.45) is 2.94. The van der Waals surface area contributed by atoms with Gasteiger partial charge in [0.15, 0.2) is 23.0 Å². The molecule has 0 aliphatic carbocycles. The third kappa shape index (κ3) is 8.69. The standard InChI is InChI=1S/C36H36N4O8/c1-40(2)27-15-12-23(13-16-27)18-28(38-34(41)25-10-8-7-9-11-25)35(42)39-37-22-24-14-17-29(30(19-24)44-3)48-36(43)26-20-31(45-4)33(47-6)32(21-26)46-5/h7-22H,1-6H3,(H,38,41)(H,39,42)/b28-18+,37-22-. The minimum absolute atomic E-state index is 0.00904. The molecular weight excluding hydrogens is 616 g/mol. The molecule has 0 saturated heterocycles. The molecule has 4 rings (SSSR count). The number of esters is 1. The number of hydrogen-bond donors (Lipinski definition) is 2. The molecule has 2 amide bonds. The molecule has 4 aromatic carbocycles. The van der Waals surface area contributed by atoms with Crippen molar-refractivity contribution < 1.29 is 38.1 Å². The molecule has 0 aliphatic heterocycles. The molecule has 248 valence electrons. The fourth-order valence-electron chi connectivity index (χ4n) is 4.41. The summed E-state index contributed by atoms with van der Waals surface area (Å²) in [5, 5.41) is 6.74. The van der Waals surface area contributed by atoms with Gasteiger partial charge < -0.3 is 33.9 Å². The zero-order chi connectivity index (χ0) is 34.6. The Kier molecular flexibility index (Phi) is 11.8. The summed E-state index contributed by atoms with van der Waals surface area (Å²) in [5.41, 5.74) is 5.20. The van der Waals surface area contributed by atoms with Gasteiger partial charge in [0.1, 0.15) is 5.70 Å². The van der Waals surface area contributed by atoms with E-state index in [0.29, 0.717) is 33.9 Å². The maximum Gasteiger partial charge on any atom is 0.343 e. The van der Waals surface area contributed by atoms with E-state index in [2.05, 4.69) is 15.8 Å². The normalized spacial score (nSPS) is 11.0. The average molecular weight is 653 g/mol. The number of hydrogen-bond acceptors (Lipinski definition) is 10. The van der Waals surface area contributed by atoms with E-state index in [1.165, 1.54) is 52.9 Å². The van der Waals surface area contributed by atoms with Crippen molar-refractivity contribution in [3.05, 3.63) is 113 Å². The summed E-state index contributed by atoms with van der Waals surface area (Å²) in [4.78, 5) is 41.1. The number of ether oxygens (including phenoxy) is 5. The highest BCUT2D eigenvalue weighted by atomic mass is 16.6. The Balaban J connectivity index is 1.50. The number of methoxy groups -OCH3 is 4. The Morgan fingerprint density at radius 2 is 1.31 bits per heavy atom. The van der Waals surface area contributed by atoms with E-state index in [4.69, 9.17) is 23.7 Å². The van der Waals surface area contributed by atoms with Gasteiger partial charge in [0.2, 0.25) is 5.75 Å². The minimum atomic E-state index is -0.686. The smallest absolute Gasteiger partial charge is 0.343 e. The van der Waals surface area contributed by atoms with Crippen LogP contribution in [0.5, 0.6) is 28.7 Å². The number of amides is 2. The molecule has 12 heteroatoms. The van der Waals surface area contributed by atoms with Crippen LogP contribution >= 0.6 is 0 Å². The molecule has 0 radical (unpaired) electrons. The Bertz CT molecular complexity index is 1790. The summed E-state index contributed by atoms with van der Waals surface area (Å²) in [7, 11) is 9.63. The van der Waals surface area contributed by atoms with Crippen LogP contribution in [-0.2, 0) is 4.79 Å². The van der Waals surface area contributed by atoms with Gasteiger partial charge in [0.05, 0.1) is 40.2 Å². The maximum absolute atomic E-state index is 13.2. The topological polar surface area (TPSA) is 137 Å². The van der Waals surface area contributed by atoms with E-state index >= 15 is 0 Å². The van der Waals surface area contributed by atoms with Crippen molar-refractivity contribution in [1.29, 1.82) is 0 Å². The highest BCUT2D eigenvalue weighted by Crippen LogP contribution is 2.39. The minimum Gasteiger partial charge on any atom is -0.493 e. The van der Waals surface area contributed by atoms with Crippen LogP contribution in [0.15, 0.2) is 95.7 Å². The van der Waals surface area contributed by atoms with Crippen molar-refractivity contribution in [2.45, 2.75) is 0 Å². The largest absolute Gasteiger partial charge is 0.493 e. The number of anilines is 1. The van der Waals surface area contributed by atoms with Crippen LogP contribution in [0.25, 0.3) is 6.08 Å². The molecule has 0 aliphatic rings. The fraction of sp³-hybridized carbons (Fsp3) is 0.167. The lowest BCUT2D eigenvalue weighted by Gasteiger charge is -2.14. The molecule has 0 bridgehead atoms.